The summed E-state index contributed by atoms with van der Waals surface area (Å²) < 4.78 is 0. The van der Waals surface area contributed by atoms with Crippen LogP contribution in [0.2, 0.25) is 0 Å². The van der Waals surface area contributed by atoms with Gasteiger partial charge in [0.25, 0.3) is 5.91 Å². The monoisotopic (exact) mass is 238 g/mol. The first-order valence-electron chi connectivity index (χ1n) is 6.01. The van der Waals surface area contributed by atoms with Crippen LogP contribution in [0.1, 0.15) is 15.9 Å². The molecule has 1 aliphatic heterocycles. The number of carbonyl (C=O) groups excluding carboxylic acids is 1. The summed E-state index contributed by atoms with van der Waals surface area (Å²) in [6, 6.07) is 15.1. The van der Waals surface area contributed by atoms with Gasteiger partial charge in [-0.1, -0.05) is 18.2 Å². The molecule has 3 nitrogen and oxygen atoms in total. The molecule has 0 aliphatic carbocycles. The molecular formula is C15H14N2O. The Labute approximate surface area is 106 Å². The summed E-state index contributed by atoms with van der Waals surface area (Å²) in [5.74, 6) is 0.0547. The van der Waals surface area contributed by atoms with E-state index in [1.54, 1.807) is 0 Å². The van der Waals surface area contributed by atoms with Gasteiger partial charge in [-0.05, 0) is 42.3 Å². The minimum Gasteiger partial charge on any atom is -0.399 e. The Bertz CT molecular complexity index is 593. The summed E-state index contributed by atoms with van der Waals surface area (Å²) in [6.07, 6.45) is 0.874. The van der Waals surface area contributed by atoms with Gasteiger partial charge in [-0.2, -0.15) is 0 Å². The zero-order valence-electron chi connectivity index (χ0n) is 9.97. The van der Waals surface area contributed by atoms with Crippen molar-refractivity contribution in [3.8, 4) is 0 Å². The van der Waals surface area contributed by atoms with Crippen LogP contribution in [0.3, 0.4) is 0 Å². The maximum absolute atomic E-state index is 12.4. The molecule has 1 amide bonds. The smallest absolute Gasteiger partial charge is 0.258 e. The maximum atomic E-state index is 12.4. The molecule has 0 unspecified atom stereocenters. The highest BCUT2D eigenvalue weighted by molar-refractivity contribution is 6.07. The summed E-state index contributed by atoms with van der Waals surface area (Å²) in [7, 11) is 0. The average Bonchev–Trinajstić information content (AvgIpc) is 2.81. The van der Waals surface area contributed by atoms with Crippen molar-refractivity contribution >= 4 is 17.3 Å². The summed E-state index contributed by atoms with van der Waals surface area (Å²) in [6.45, 7) is 0.729. The standard InChI is InChI=1S/C15H14N2O/c16-13-6-7-14-12(10-13)8-9-17(14)15(18)11-4-2-1-3-5-11/h1-7,10H,8-9,16H2. The summed E-state index contributed by atoms with van der Waals surface area (Å²) >= 11 is 0. The quantitative estimate of drug-likeness (QED) is 0.776. The largest absolute Gasteiger partial charge is 0.399 e. The lowest BCUT2D eigenvalue weighted by molar-refractivity contribution is 0.0989. The third-order valence-electron chi connectivity index (χ3n) is 3.26. The van der Waals surface area contributed by atoms with Crippen molar-refractivity contribution in [3.63, 3.8) is 0 Å². The molecule has 2 aromatic carbocycles. The van der Waals surface area contributed by atoms with Gasteiger partial charge in [0.1, 0.15) is 0 Å². The Morgan fingerprint density at radius 3 is 2.67 bits per heavy atom. The van der Waals surface area contributed by atoms with E-state index in [9.17, 15) is 4.79 Å². The Kier molecular flexibility index (Phi) is 2.52. The van der Waals surface area contributed by atoms with E-state index in [4.69, 9.17) is 5.73 Å². The van der Waals surface area contributed by atoms with E-state index in [0.29, 0.717) is 0 Å². The molecule has 2 N–H and O–H groups in total. The van der Waals surface area contributed by atoms with Gasteiger partial charge in [-0.3, -0.25) is 4.79 Å². The second-order valence-corrected chi connectivity index (χ2v) is 4.46. The molecular weight excluding hydrogens is 224 g/mol. The fourth-order valence-corrected chi connectivity index (χ4v) is 2.37. The maximum Gasteiger partial charge on any atom is 0.258 e. The molecule has 0 aromatic heterocycles. The normalized spacial score (nSPS) is 13.4. The summed E-state index contributed by atoms with van der Waals surface area (Å²) in [5.41, 5.74) is 9.37. The van der Waals surface area contributed by atoms with Crippen LogP contribution in [-0.4, -0.2) is 12.5 Å². The highest BCUT2D eigenvalue weighted by Crippen LogP contribution is 2.30. The highest BCUT2D eigenvalue weighted by atomic mass is 16.2. The molecule has 1 aliphatic rings. The number of amides is 1. The lowest BCUT2D eigenvalue weighted by atomic mass is 10.1. The first kappa shape index (κ1) is 10.8. The van der Waals surface area contributed by atoms with E-state index in [1.807, 2.05) is 53.4 Å². The van der Waals surface area contributed by atoms with Gasteiger partial charge in [-0.25, -0.2) is 0 Å². The molecule has 90 valence electrons. The molecule has 1 heterocycles. The van der Waals surface area contributed by atoms with Crippen LogP contribution in [0.4, 0.5) is 11.4 Å². The number of rotatable bonds is 1. The van der Waals surface area contributed by atoms with Gasteiger partial charge in [0.05, 0.1) is 0 Å². The van der Waals surface area contributed by atoms with Crippen molar-refractivity contribution < 1.29 is 4.79 Å². The van der Waals surface area contributed by atoms with Crippen molar-refractivity contribution in [3.05, 3.63) is 59.7 Å². The molecule has 2 aromatic rings. The van der Waals surface area contributed by atoms with Crippen LogP contribution in [0, 0.1) is 0 Å². The number of hydrogen-bond donors (Lipinski definition) is 1. The van der Waals surface area contributed by atoms with Gasteiger partial charge in [0, 0.05) is 23.5 Å². The van der Waals surface area contributed by atoms with Crippen molar-refractivity contribution in [1.82, 2.24) is 0 Å². The van der Waals surface area contributed by atoms with E-state index in [-0.39, 0.29) is 5.91 Å². The predicted molar refractivity (Wildman–Crippen MR) is 72.7 cm³/mol. The molecule has 0 bridgehead atoms. The van der Waals surface area contributed by atoms with E-state index >= 15 is 0 Å². The van der Waals surface area contributed by atoms with Gasteiger partial charge in [0.2, 0.25) is 0 Å². The van der Waals surface area contributed by atoms with Crippen LogP contribution in [0.25, 0.3) is 0 Å². The van der Waals surface area contributed by atoms with Crippen molar-refractivity contribution in [2.45, 2.75) is 6.42 Å². The van der Waals surface area contributed by atoms with Crippen molar-refractivity contribution in [2.75, 3.05) is 17.2 Å². The van der Waals surface area contributed by atoms with Crippen LogP contribution in [0.5, 0.6) is 0 Å². The Hall–Kier alpha value is -2.29. The van der Waals surface area contributed by atoms with Crippen LogP contribution < -0.4 is 10.6 Å². The lowest BCUT2D eigenvalue weighted by Gasteiger charge is -2.17. The molecule has 0 spiro atoms. The zero-order chi connectivity index (χ0) is 12.5. The van der Waals surface area contributed by atoms with Crippen molar-refractivity contribution in [1.29, 1.82) is 0 Å². The fourth-order valence-electron chi connectivity index (χ4n) is 2.37. The van der Waals surface area contributed by atoms with Gasteiger partial charge in [-0.15, -0.1) is 0 Å². The average molecular weight is 238 g/mol. The first-order valence-corrected chi connectivity index (χ1v) is 6.01. The number of hydrogen-bond acceptors (Lipinski definition) is 2. The zero-order valence-corrected chi connectivity index (χ0v) is 9.97. The number of nitrogens with zero attached hydrogens (tertiary/aromatic N) is 1. The first-order chi connectivity index (χ1) is 8.75. The molecule has 3 heteroatoms. The third-order valence-corrected chi connectivity index (χ3v) is 3.26. The van der Waals surface area contributed by atoms with Crippen LogP contribution in [-0.2, 0) is 6.42 Å². The Morgan fingerprint density at radius 1 is 1.11 bits per heavy atom. The van der Waals surface area contributed by atoms with E-state index < -0.39 is 0 Å². The number of fused-ring (bicyclic) bond motifs is 1. The lowest BCUT2D eigenvalue weighted by Crippen LogP contribution is -2.28. The predicted octanol–water partition coefficient (Wildman–Crippen LogP) is 2.47. The van der Waals surface area contributed by atoms with E-state index in [1.165, 1.54) is 0 Å². The SMILES string of the molecule is Nc1ccc2c(c1)CCN2C(=O)c1ccccc1. The number of carbonyl (C=O) groups is 1. The van der Waals surface area contributed by atoms with Gasteiger partial charge >= 0.3 is 0 Å². The number of nitrogen functional groups attached to an aromatic ring is 1. The van der Waals surface area contributed by atoms with Gasteiger partial charge in [0.15, 0.2) is 0 Å². The highest BCUT2D eigenvalue weighted by Gasteiger charge is 2.25. The minimum absolute atomic E-state index is 0.0547. The fraction of sp³-hybridized carbons (Fsp3) is 0.133. The molecule has 3 rings (SSSR count). The van der Waals surface area contributed by atoms with Crippen molar-refractivity contribution in [2.24, 2.45) is 0 Å². The van der Waals surface area contributed by atoms with Gasteiger partial charge < -0.3 is 10.6 Å². The number of benzene rings is 2. The van der Waals surface area contributed by atoms with E-state index in [0.717, 1.165) is 35.5 Å². The van der Waals surface area contributed by atoms with Crippen LogP contribution >= 0.6 is 0 Å². The summed E-state index contributed by atoms with van der Waals surface area (Å²) in [5, 5.41) is 0. The second kappa shape index (κ2) is 4.18. The molecule has 0 radical (unpaired) electrons. The molecule has 18 heavy (non-hydrogen) atoms. The Balaban J connectivity index is 1.95. The topological polar surface area (TPSA) is 46.3 Å². The number of anilines is 2. The molecule has 0 saturated heterocycles. The van der Waals surface area contributed by atoms with E-state index in [2.05, 4.69) is 0 Å². The Morgan fingerprint density at radius 2 is 1.89 bits per heavy atom. The third kappa shape index (κ3) is 1.74. The summed E-state index contributed by atoms with van der Waals surface area (Å²) in [4.78, 5) is 14.2. The molecule has 0 atom stereocenters. The minimum atomic E-state index is 0.0547. The molecule has 0 fully saturated rings. The molecule has 0 saturated carbocycles. The second-order valence-electron chi connectivity index (χ2n) is 4.46. The number of nitrogens with two attached hydrogens (primary N) is 1. The van der Waals surface area contributed by atoms with Crippen LogP contribution in [0.15, 0.2) is 48.5 Å².